The summed E-state index contributed by atoms with van der Waals surface area (Å²) in [5.41, 5.74) is 6.50. The maximum absolute atomic E-state index is 12.2. The van der Waals surface area contributed by atoms with Gasteiger partial charge < -0.3 is 29.4 Å². The van der Waals surface area contributed by atoms with Gasteiger partial charge in [0.25, 0.3) is 0 Å². The average molecular weight is 468 g/mol. The third-order valence-electron chi connectivity index (χ3n) is 4.27. The topological polar surface area (TPSA) is 140 Å². The van der Waals surface area contributed by atoms with Gasteiger partial charge in [-0.15, -0.1) is 0 Å². The molecule has 0 spiro atoms. The largest absolute Gasteiger partial charge is 0.508 e. The molecule has 0 bridgehead atoms. The highest BCUT2D eigenvalue weighted by molar-refractivity contribution is 5.77. The predicted octanol–water partition coefficient (Wildman–Crippen LogP) is 3.07. The van der Waals surface area contributed by atoms with Crippen molar-refractivity contribution in [2.75, 3.05) is 13.2 Å². The Morgan fingerprint density at radius 2 is 1.58 bits per heavy atom. The Labute approximate surface area is 193 Å². The second-order valence-corrected chi connectivity index (χ2v) is 7.26. The number of carbonyl (C=O) groups excluding carboxylic acids is 4. The van der Waals surface area contributed by atoms with Crippen LogP contribution in [0.1, 0.15) is 58.9 Å². The van der Waals surface area contributed by atoms with Gasteiger partial charge in [-0.25, -0.2) is 4.79 Å². The number of benzene rings is 1. The third kappa shape index (κ3) is 10.8. The molecule has 0 unspecified atom stereocenters. The fraction of sp³-hybridized carbons (Fsp3) is 0.565. The smallest absolute Gasteiger partial charge is 0.461 e. The first-order chi connectivity index (χ1) is 15.7. The summed E-state index contributed by atoms with van der Waals surface area (Å²) in [6.45, 7) is 6.88. The van der Waals surface area contributed by atoms with Crippen molar-refractivity contribution < 1.29 is 42.9 Å². The first-order valence-corrected chi connectivity index (χ1v) is 11.0. The Morgan fingerprint density at radius 3 is 2.18 bits per heavy atom. The molecule has 0 amide bonds. The molecule has 1 rings (SSSR count). The monoisotopic (exact) mass is 467 g/mol. The van der Waals surface area contributed by atoms with Crippen LogP contribution in [0.5, 0.6) is 11.5 Å². The van der Waals surface area contributed by atoms with Crippen LogP contribution in [0.15, 0.2) is 18.2 Å². The van der Waals surface area contributed by atoms with Crippen molar-refractivity contribution >= 4 is 24.1 Å². The zero-order chi connectivity index (χ0) is 24.8. The van der Waals surface area contributed by atoms with E-state index in [4.69, 9.17) is 29.4 Å². The second-order valence-electron chi connectivity index (χ2n) is 7.26. The second kappa shape index (κ2) is 14.8. The van der Waals surface area contributed by atoms with Crippen molar-refractivity contribution in [1.82, 2.24) is 0 Å². The Hall–Kier alpha value is -3.14. The molecule has 10 heteroatoms. The Morgan fingerprint density at radius 1 is 0.939 bits per heavy atom. The molecule has 33 heavy (non-hydrogen) atoms. The molecular formula is C23H33NO9. The van der Waals surface area contributed by atoms with E-state index in [-0.39, 0.29) is 44.0 Å². The van der Waals surface area contributed by atoms with E-state index in [1.165, 1.54) is 12.1 Å². The number of ether oxygens (including phenoxy) is 5. The lowest BCUT2D eigenvalue weighted by Gasteiger charge is -2.16. The maximum atomic E-state index is 12.2. The number of hydrogen-bond donors (Lipinski definition) is 1. The molecule has 0 saturated heterocycles. The minimum absolute atomic E-state index is 0.0605. The number of unbranched alkanes of at least 4 members (excludes halogenated alkanes) is 1. The lowest BCUT2D eigenvalue weighted by atomic mass is 10.1. The molecule has 0 saturated carbocycles. The predicted molar refractivity (Wildman–Crippen MR) is 118 cm³/mol. The van der Waals surface area contributed by atoms with Gasteiger partial charge in [0.05, 0.1) is 6.61 Å². The van der Waals surface area contributed by atoms with Gasteiger partial charge in [0.1, 0.15) is 18.8 Å². The van der Waals surface area contributed by atoms with Gasteiger partial charge in [-0.3, -0.25) is 14.4 Å². The summed E-state index contributed by atoms with van der Waals surface area (Å²) in [7, 11) is 0. The van der Waals surface area contributed by atoms with Gasteiger partial charge in [0.2, 0.25) is 0 Å². The first kappa shape index (κ1) is 27.9. The summed E-state index contributed by atoms with van der Waals surface area (Å²) in [6, 6.07) is 3.54. The minimum Gasteiger partial charge on any atom is -0.461 e. The lowest BCUT2D eigenvalue weighted by molar-refractivity contribution is -0.148. The molecule has 2 atom stereocenters. The van der Waals surface area contributed by atoms with Crippen LogP contribution in [0.25, 0.3) is 0 Å². The Bertz CT molecular complexity index is 809. The summed E-state index contributed by atoms with van der Waals surface area (Å²) in [5, 5.41) is 0. The van der Waals surface area contributed by atoms with Crippen molar-refractivity contribution in [2.45, 2.75) is 71.9 Å². The van der Waals surface area contributed by atoms with Crippen molar-refractivity contribution in [1.29, 1.82) is 0 Å². The van der Waals surface area contributed by atoms with Crippen molar-refractivity contribution in [3.63, 3.8) is 0 Å². The van der Waals surface area contributed by atoms with Crippen molar-refractivity contribution in [2.24, 2.45) is 5.73 Å². The standard InChI is InChI=1S/C23H33NO9/c1-5-8-11-29-23(28)31-15(4)14-30-22(27)17(24)12-16-9-10-18(32-20(25)6-2)19(13-16)33-21(26)7-3/h9-10,13,15,17H,5-8,11-12,14,24H2,1-4H3/t15-,17-/m0/s1. The van der Waals surface area contributed by atoms with Crippen LogP contribution in [0.2, 0.25) is 0 Å². The molecule has 10 nitrogen and oxygen atoms in total. The van der Waals surface area contributed by atoms with Gasteiger partial charge in [0.15, 0.2) is 11.5 Å². The van der Waals surface area contributed by atoms with E-state index in [0.29, 0.717) is 5.56 Å². The van der Waals surface area contributed by atoms with Gasteiger partial charge >= 0.3 is 24.1 Å². The quantitative estimate of drug-likeness (QED) is 0.261. The maximum Gasteiger partial charge on any atom is 0.508 e. The van der Waals surface area contributed by atoms with Gasteiger partial charge in [-0.1, -0.05) is 33.3 Å². The zero-order valence-corrected chi connectivity index (χ0v) is 19.6. The Kier molecular flexibility index (Phi) is 12.5. The average Bonchev–Trinajstić information content (AvgIpc) is 2.78. The van der Waals surface area contributed by atoms with E-state index >= 15 is 0 Å². The van der Waals surface area contributed by atoms with Crippen molar-refractivity contribution in [3.8, 4) is 11.5 Å². The Balaban J connectivity index is 2.67. The highest BCUT2D eigenvalue weighted by Gasteiger charge is 2.20. The highest BCUT2D eigenvalue weighted by Crippen LogP contribution is 2.29. The van der Waals surface area contributed by atoms with E-state index < -0.39 is 36.2 Å². The third-order valence-corrected chi connectivity index (χ3v) is 4.27. The van der Waals surface area contributed by atoms with E-state index in [2.05, 4.69) is 0 Å². The molecular weight excluding hydrogens is 434 g/mol. The lowest BCUT2D eigenvalue weighted by Crippen LogP contribution is -2.36. The normalized spacial score (nSPS) is 12.3. The molecule has 0 heterocycles. The summed E-state index contributed by atoms with van der Waals surface area (Å²) >= 11 is 0. The number of carbonyl (C=O) groups is 4. The van der Waals surface area contributed by atoms with Crippen LogP contribution in [-0.4, -0.2) is 49.4 Å². The fourth-order valence-electron chi connectivity index (χ4n) is 2.41. The van der Waals surface area contributed by atoms with Gasteiger partial charge in [-0.05, 0) is 37.5 Å². The zero-order valence-electron chi connectivity index (χ0n) is 19.6. The summed E-state index contributed by atoms with van der Waals surface area (Å²) < 4.78 is 25.4. The molecule has 0 fully saturated rings. The number of nitrogens with two attached hydrogens (primary N) is 1. The molecule has 0 aromatic heterocycles. The van der Waals surface area contributed by atoms with Crippen LogP contribution in [-0.2, 0) is 35.0 Å². The number of rotatable bonds is 13. The van der Waals surface area contributed by atoms with E-state index in [0.717, 1.165) is 12.8 Å². The molecule has 0 aliphatic heterocycles. The molecule has 1 aromatic carbocycles. The minimum atomic E-state index is -1.02. The van der Waals surface area contributed by atoms with Crippen LogP contribution in [0.3, 0.4) is 0 Å². The van der Waals surface area contributed by atoms with Gasteiger partial charge in [-0.2, -0.15) is 0 Å². The first-order valence-electron chi connectivity index (χ1n) is 11.0. The summed E-state index contributed by atoms with van der Waals surface area (Å²) in [6.07, 6.45) is 0.438. The number of hydrogen-bond acceptors (Lipinski definition) is 10. The van der Waals surface area contributed by atoms with Crippen LogP contribution < -0.4 is 15.2 Å². The van der Waals surface area contributed by atoms with Crippen molar-refractivity contribution in [3.05, 3.63) is 23.8 Å². The fourth-order valence-corrected chi connectivity index (χ4v) is 2.41. The molecule has 0 aliphatic carbocycles. The summed E-state index contributed by atoms with van der Waals surface area (Å²) in [4.78, 5) is 47.1. The van der Waals surface area contributed by atoms with Crippen LogP contribution in [0, 0.1) is 0 Å². The van der Waals surface area contributed by atoms with E-state index in [1.54, 1.807) is 26.8 Å². The summed E-state index contributed by atoms with van der Waals surface area (Å²) in [5.74, 6) is -1.53. The SMILES string of the molecule is CCCCOC(=O)O[C@@H](C)COC(=O)[C@@H](N)Cc1ccc(OC(=O)CC)c(OC(=O)CC)c1. The highest BCUT2D eigenvalue weighted by atomic mass is 16.7. The van der Waals surface area contributed by atoms with E-state index in [1.807, 2.05) is 6.92 Å². The van der Waals surface area contributed by atoms with Crippen LogP contribution in [0.4, 0.5) is 4.79 Å². The molecule has 1 aromatic rings. The molecule has 2 N–H and O–H groups in total. The molecule has 184 valence electrons. The van der Waals surface area contributed by atoms with Crippen LogP contribution >= 0.6 is 0 Å². The molecule has 0 radical (unpaired) electrons. The van der Waals surface area contributed by atoms with E-state index in [9.17, 15) is 19.2 Å². The number of esters is 3. The van der Waals surface area contributed by atoms with Gasteiger partial charge in [0, 0.05) is 12.8 Å². The molecule has 0 aliphatic rings.